The second kappa shape index (κ2) is 8.41. The summed E-state index contributed by atoms with van der Waals surface area (Å²) in [5.74, 6) is -0.524. The van der Waals surface area contributed by atoms with Crippen molar-refractivity contribution in [1.29, 1.82) is 0 Å². The Morgan fingerprint density at radius 2 is 1.35 bits per heavy atom. The normalized spacial score (nSPS) is 13.0. The van der Waals surface area contributed by atoms with Gasteiger partial charge in [-0.15, -0.1) is 0 Å². The second-order valence-electron chi connectivity index (χ2n) is 6.14. The van der Waals surface area contributed by atoms with E-state index in [2.05, 4.69) is 10.6 Å². The quantitative estimate of drug-likeness (QED) is 0.668. The number of rotatable bonds is 6. The van der Waals surface area contributed by atoms with E-state index in [1.165, 1.54) is 12.1 Å². The molecule has 26 heavy (non-hydrogen) atoms. The number of carbonyl (C=O) groups excluding carboxylic acids is 1. The third-order valence-corrected chi connectivity index (χ3v) is 4.22. The SMILES string of the molecule is C[C@H](N[C@@H](C(=O)Nc1ccc(F)cc1)c1ccccc1)c1ccccc1. The van der Waals surface area contributed by atoms with Gasteiger partial charge in [0.15, 0.2) is 0 Å². The van der Waals surface area contributed by atoms with E-state index >= 15 is 0 Å². The van der Waals surface area contributed by atoms with Crippen molar-refractivity contribution in [2.45, 2.75) is 19.0 Å². The van der Waals surface area contributed by atoms with E-state index in [9.17, 15) is 9.18 Å². The number of hydrogen-bond acceptors (Lipinski definition) is 2. The molecule has 1 amide bonds. The van der Waals surface area contributed by atoms with Gasteiger partial charge in [0.2, 0.25) is 5.91 Å². The van der Waals surface area contributed by atoms with E-state index < -0.39 is 6.04 Å². The van der Waals surface area contributed by atoms with Crippen molar-refractivity contribution in [3.05, 3.63) is 102 Å². The number of halogens is 1. The third kappa shape index (κ3) is 4.55. The summed E-state index contributed by atoms with van der Waals surface area (Å²) in [6, 6.07) is 24.7. The lowest BCUT2D eigenvalue weighted by molar-refractivity contribution is -0.118. The Labute approximate surface area is 152 Å². The molecule has 0 fully saturated rings. The molecule has 0 spiro atoms. The lowest BCUT2D eigenvalue weighted by Gasteiger charge is -2.23. The van der Waals surface area contributed by atoms with Crippen LogP contribution in [0.1, 0.15) is 30.1 Å². The van der Waals surface area contributed by atoms with Gasteiger partial charge in [-0.25, -0.2) is 4.39 Å². The van der Waals surface area contributed by atoms with Gasteiger partial charge in [-0.2, -0.15) is 0 Å². The molecule has 0 aliphatic carbocycles. The van der Waals surface area contributed by atoms with Crippen LogP contribution in [0.15, 0.2) is 84.9 Å². The lowest BCUT2D eigenvalue weighted by atomic mass is 10.0. The van der Waals surface area contributed by atoms with Crippen LogP contribution in [0.2, 0.25) is 0 Å². The Hall–Kier alpha value is -2.98. The number of nitrogens with one attached hydrogen (secondary N) is 2. The monoisotopic (exact) mass is 348 g/mol. The first-order chi connectivity index (χ1) is 12.6. The van der Waals surface area contributed by atoms with Crippen molar-refractivity contribution in [2.75, 3.05) is 5.32 Å². The molecular weight excluding hydrogens is 327 g/mol. The summed E-state index contributed by atoms with van der Waals surface area (Å²) in [6.45, 7) is 2.02. The average molecular weight is 348 g/mol. The molecule has 0 saturated carbocycles. The van der Waals surface area contributed by atoms with Crippen LogP contribution in [0.3, 0.4) is 0 Å². The van der Waals surface area contributed by atoms with Gasteiger partial charge in [-0.3, -0.25) is 10.1 Å². The summed E-state index contributed by atoms with van der Waals surface area (Å²) in [6.07, 6.45) is 0. The van der Waals surface area contributed by atoms with Crippen LogP contribution in [0.5, 0.6) is 0 Å². The molecule has 2 N–H and O–H groups in total. The molecule has 132 valence electrons. The number of carbonyl (C=O) groups is 1. The minimum Gasteiger partial charge on any atom is -0.324 e. The average Bonchev–Trinajstić information content (AvgIpc) is 2.69. The summed E-state index contributed by atoms with van der Waals surface area (Å²) in [4.78, 5) is 12.9. The molecule has 0 aliphatic rings. The topological polar surface area (TPSA) is 41.1 Å². The standard InChI is InChI=1S/C22H21FN2O/c1-16(17-8-4-2-5-9-17)24-21(18-10-6-3-7-11-18)22(26)25-20-14-12-19(23)13-15-20/h2-16,21,24H,1H3,(H,25,26)/t16-,21+/m0/s1. The molecule has 0 radical (unpaired) electrons. The zero-order valence-electron chi connectivity index (χ0n) is 14.5. The van der Waals surface area contributed by atoms with Crippen molar-refractivity contribution in [1.82, 2.24) is 5.32 Å². The van der Waals surface area contributed by atoms with E-state index in [0.717, 1.165) is 11.1 Å². The fourth-order valence-corrected chi connectivity index (χ4v) is 2.80. The van der Waals surface area contributed by atoms with Crippen LogP contribution in [-0.2, 0) is 4.79 Å². The smallest absolute Gasteiger partial charge is 0.246 e. The summed E-state index contributed by atoms with van der Waals surface area (Å²) in [5.41, 5.74) is 2.53. The minimum absolute atomic E-state index is 0.0135. The highest BCUT2D eigenvalue weighted by Gasteiger charge is 2.23. The Balaban J connectivity index is 1.81. The number of benzene rings is 3. The highest BCUT2D eigenvalue weighted by atomic mass is 19.1. The first-order valence-corrected chi connectivity index (χ1v) is 8.56. The van der Waals surface area contributed by atoms with Gasteiger partial charge < -0.3 is 5.32 Å². The van der Waals surface area contributed by atoms with E-state index in [1.807, 2.05) is 67.6 Å². The van der Waals surface area contributed by atoms with Gasteiger partial charge in [0, 0.05) is 11.7 Å². The molecule has 0 unspecified atom stereocenters. The molecule has 3 nitrogen and oxygen atoms in total. The number of anilines is 1. The molecule has 4 heteroatoms. The summed E-state index contributed by atoms with van der Waals surface area (Å²) >= 11 is 0. The Morgan fingerprint density at radius 3 is 1.92 bits per heavy atom. The van der Waals surface area contributed by atoms with Gasteiger partial charge in [0.05, 0.1) is 0 Å². The van der Waals surface area contributed by atoms with Crippen molar-refractivity contribution in [3.63, 3.8) is 0 Å². The maximum absolute atomic E-state index is 13.1. The van der Waals surface area contributed by atoms with Gasteiger partial charge in [-0.05, 0) is 42.3 Å². The van der Waals surface area contributed by atoms with Gasteiger partial charge in [0.1, 0.15) is 11.9 Å². The fraction of sp³-hybridized carbons (Fsp3) is 0.136. The molecule has 3 aromatic rings. The molecule has 3 aromatic carbocycles. The predicted molar refractivity (Wildman–Crippen MR) is 102 cm³/mol. The molecule has 0 aliphatic heterocycles. The van der Waals surface area contributed by atoms with Crippen LogP contribution in [0, 0.1) is 5.82 Å². The lowest BCUT2D eigenvalue weighted by Crippen LogP contribution is -2.34. The van der Waals surface area contributed by atoms with Crippen molar-refractivity contribution in [3.8, 4) is 0 Å². The predicted octanol–water partition coefficient (Wildman–Crippen LogP) is 4.86. The van der Waals surface area contributed by atoms with Gasteiger partial charge in [-0.1, -0.05) is 60.7 Å². The molecule has 0 aromatic heterocycles. The maximum Gasteiger partial charge on any atom is 0.246 e. The van der Waals surface area contributed by atoms with Crippen LogP contribution < -0.4 is 10.6 Å². The van der Waals surface area contributed by atoms with Gasteiger partial charge >= 0.3 is 0 Å². The van der Waals surface area contributed by atoms with Crippen molar-refractivity contribution in [2.24, 2.45) is 0 Å². The van der Waals surface area contributed by atoms with Crippen LogP contribution in [0.4, 0.5) is 10.1 Å². The van der Waals surface area contributed by atoms with E-state index in [1.54, 1.807) is 12.1 Å². The number of hydrogen-bond donors (Lipinski definition) is 2. The zero-order chi connectivity index (χ0) is 18.4. The Bertz CT molecular complexity index is 835. The molecule has 3 rings (SSSR count). The molecular formula is C22H21FN2O. The first kappa shape index (κ1) is 17.8. The fourth-order valence-electron chi connectivity index (χ4n) is 2.80. The summed E-state index contributed by atoms with van der Waals surface area (Å²) in [7, 11) is 0. The molecule has 0 heterocycles. The van der Waals surface area contributed by atoms with Crippen molar-refractivity contribution < 1.29 is 9.18 Å². The van der Waals surface area contributed by atoms with Gasteiger partial charge in [0.25, 0.3) is 0 Å². The Kier molecular flexibility index (Phi) is 5.77. The highest BCUT2D eigenvalue weighted by Crippen LogP contribution is 2.21. The van der Waals surface area contributed by atoms with Crippen LogP contribution in [0.25, 0.3) is 0 Å². The highest BCUT2D eigenvalue weighted by molar-refractivity contribution is 5.95. The van der Waals surface area contributed by atoms with Crippen LogP contribution >= 0.6 is 0 Å². The van der Waals surface area contributed by atoms with Crippen molar-refractivity contribution >= 4 is 11.6 Å². The third-order valence-electron chi connectivity index (χ3n) is 4.22. The largest absolute Gasteiger partial charge is 0.324 e. The number of amides is 1. The molecule has 0 saturated heterocycles. The summed E-state index contributed by atoms with van der Waals surface area (Å²) < 4.78 is 13.1. The first-order valence-electron chi connectivity index (χ1n) is 8.56. The maximum atomic E-state index is 13.1. The Morgan fingerprint density at radius 1 is 0.808 bits per heavy atom. The molecule has 0 bridgehead atoms. The minimum atomic E-state index is -0.531. The van der Waals surface area contributed by atoms with E-state index in [-0.39, 0.29) is 17.8 Å². The molecule has 2 atom stereocenters. The van der Waals surface area contributed by atoms with E-state index in [4.69, 9.17) is 0 Å². The summed E-state index contributed by atoms with van der Waals surface area (Å²) in [5, 5.41) is 6.25. The zero-order valence-corrected chi connectivity index (χ0v) is 14.5. The second-order valence-corrected chi connectivity index (χ2v) is 6.14. The van der Waals surface area contributed by atoms with Crippen LogP contribution in [-0.4, -0.2) is 5.91 Å². The van der Waals surface area contributed by atoms with E-state index in [0.29, 0.717) is 5.69 Å².